The summed E-state index contributed by atoms with van der Waals surface area (Å²) in [5.41, 5.74) is 0.727. The Labute approximate surface area is 95.4 Å². The lowest BCUT2D eigenvalue weighted by atomic mass is 10.1. The second-order valence-electron chi connectivity index (χ2n) is 3.05. The van der Waals surface area contributed by atoms with Crippen LogP contribution in [0.25, 0.3) is 0 Å². The summed E-state index contributed by atoms with van der Waals surface area (Å²) in [6.07, 6.45) is 0. The average molecular weight is 279 g/mol. The van der Waals surface area contributed by atoms with E-state index in [1.54, 1.807) is 24.3 Å². The Morgan fingerprint density at radius 3 is 2.43 bits per heavy atom. The molecule has 0 amide bonds. The highest BCUT2D eigenvalue weighted by atomic mass is 79.9. The molecule has 2 atom stereocenters. The number of nitro groups is 1. The van der Waals surface area contributed by atoms with E-state index in [4.69, 9.17) is 11.6 Å². The molecule has 0 aliphatic carbocycles. The van der Waals surface area contributed by atoms with Crippen molar-refractivity contribution in [3.8, 4) is 0 Å². The average Bonchev–Trinajstić information content (AvgIpc) is 2.17. The van der Waals surface area contributed by atoms with Gasteiger partial charge in [-0.05, 0) is 5.56 Å². The van der Waals surface area contributed by atoms with Gasteiger partial charge in [-0.15, -0.1) is 11.6 Å². The monoisotopic (exact) mass is 277 g/mol. The first-order valence-electron chi connectivity index (χ1n) is 3.98. The Bertz CT molecular complexity index is 329. The van der Waals surface area contributed by atoms with E-state index in [-0.39, 0.29) is 0 Å². The Morgan fingerprint density at radius 1 is 1.50 bits per heavy atom. The summed E-state index contributed by atoms with van der Waals surface area (Å²) in [4.78, 5) is 10.3. The van der Waals surface area contributed by atoms with Crippen molar-refractivity contribution >= 4 is 27.5 Å². The normalized spacial score (nSPS) is 17.1. The molecule has 0 heterocycles. The Hall–Kier alpha value is -0.610. The first kappa shape index (κ1) is 11.5. The highest BCUT2D eigenvalue weighted by Gasteiger charge is 2.42. The van der Waals surface area contributed by atoms with Gasteiger partial charge < -0.3 is 0 Å². The van der Waals surface area contributed by atoms with Gasteiger partial charge in [-0.2, -0.15) is 0 Å². The zero-order valence-corrected chi connectivity index (χ0v) is 9.83. The van der Waals surface area contributed by atoms with Crippen LogP contribution in [-0.2, 0) is 0 Å². The SMILES string of the molecule is C[C@@](Br)([C@H](Cl)c1ccccc1)[N+](=O)[O-]. The zero-order chi connectivity index (χ0) is 10.8. The molecule has 0 aromatic heterocycles. The molecule has 0 N–H and O–H groups in total. The first-order valence-corrected chi connectivity index (χ1v) is 5.21. The molecule has 0 unspecified atom stereocenters. The fraction of sp³-hybridized carbons (Fsp3) is 0.333. The molecular formula is C9H9BrClNO2. The second kappa shape index (κ2) is 4.28. The summed E-state index contributed by atoms with van der Waals surface area (Å²) >= 11 is 9.02. The van der Waals surface area contributed by atoms with Crippen LogP contribution in [0.15, 0.2) is 30.3 Å². The minimum absolute atomic E-state index is 0.433. The van der Waals surface area contributed by atoms with Gasteiger partial charge in [-0.1, -0.05) is 30.3 Å². The summed E-state index contributed by atoms with van der Waals surface area (Å²) in [6, 6.07) is 8.97. The van der Waals surface area contributed by atoms with Crippen molar-refractivity contribution in [2.75, 3.05) is 0 Å². The summed E-state index contributed by atoms with van der Waals surface area (Å²) in [6.45, 7) is 1.44. The van der Waals surface area contributed by atoms with Gasteiger partial charge in [0.1, 0.15) is 5.38 Å². The summed E-state index contributed by atoms with van der Waals surface area (Å²) in [7, 11) is 0. The molecule has 1 aromatic rings. The van der Waals surface area contributed by atoms with Crippen LogP contribution in [0.1, 0.15) is 17.9 Å². The van der Waals surface area contributed by atoms with E-state index in [1.165, 1.54) is 6.92 Å². The standard InChI is InChI=1S/C9H9BrClNO2/c1-9(10,12(13)14)8(11)7-5-3-2-4-6-7/h2-6,8H,1H3/t8-,9+/m1/s1. The van der Waals surface area contributed by atoms with E-state index >= 15 is 0 Å². The largest absolute Gasteiger partial charge is 0.291 e. The fourth-order valence-corrected chi connectivity index (χ4v) is 1.51. The van der Waals surface area contributed by atoms with Gasteiger partial charge in [0.05, 0.1) is 0 Å². The molecule has 0 radical (unpaired) electrons. The van der Waals surface area contributed by atoms with Gasteiger partial charge in [-0.3, -0.25) is 10.1 Å². The highest BCUT2D eigenvalue weighted by molar-refractivity contribution is 9.10. The van der Waals surface area contributed by atoms with Crippen molar-refractivity contribution in [3.05, 3.63) is 46.0 Å². The van der Waals surface area contributed by atoms with Gasteiger partial charge in [0.2, 0.25) is 0 Å². The van der Waals surface area contributed by atoms with E-state index in [0.717, 1.165) is 5.56 Å². The summed E-state index contributed by atoms with van der Waals surface area (Å²) in [5, 5.41) is 10.0. The van der Waals surface area contributed by atoms with E-state index in [0.29, 0.717) is 0 Å². The molecule has 1 rings (SSSR count). The molecule has 5 heteroatoms. The van der Waals surface area contributed by atoms with Gasteiger partial charge in [0.25, 0.3) is 4.45 Å². The zero-order valence-electron chi connectivity index (χ0n) is 7.48. The minimum Gasteiger partial charge on any atom is -0.263 e. The third kappa shape index (κ3) is 2.25. The number of rotatable bonds is 3. The quantitative estimate of drug-likeness (QED) is 0.368. The summed E-state index contributed by atoms with van der Waals surface area (Å²) in [5.74, 6) is 0. The van der Waals surface area contributed by atoms with E-state index in [2.05, 4.69) is 15.9 Å². The third-order valence-electron chi connectivity index (χ3n) is 1.91. The number of alkyl halides is 2. The molecule has 0 aliphatic heterocycles. The lowest BCUT2D eigenvalue weighted by molar-refractivity contribution is -0.531. The molecular weight excluding hydrogens is 269 g/mol. The molecule has 3 nitrogen and oxygen atoms in total. The van der Waals surface area contributed by atoms with Gasteiger partial charge in [0, 0.05) is 27.8 Å². The maximum Gasteiger partial charge on any atom is 0.291 e. The van der Waals surface area contributed by atoms with Crippen molar-refractivity contribution in [3.63, 3.8) is 0 Å². The molecule has 0 fully saturated rings. The predicted molar refractivity (Wildman–Crippen MR) is 59.4 cm³/mol. The predicted octanol–water partition coefficient (Wildman–Crippen LogP) is 3.35. The van der Waals surface area contributed by atoms with Crippen LogP contribution in [0, 0.1) is 10.1 Å². The van der Waals surface area contributed by atoms with Crippen LogP contribution in [-0.4, -0.2) is 9.37 Å². The molecule has 0 saturated carbocycles. The van der Waals surface area contributed by atoms with Crippen molar-refractivity contribution in [1.82, 2.24) is 0 Å². The lowest BCUT2D eigenvalue weighted by Crippen LogP contribution is -2.32. The number of hydrogen-bond donors (Lipinski definition) is 0. The maximum atomic E-state index is 10.7. The fourth-order valence-electron chi connectivity index (χ4n) is 1.02. The smallest absolute Gasteiger partial charge is 0.263 e. The van der Waals surface area contributed by atoms with Crippen LogP contribution >= 0.6 is 27.5 Å². The van der Waals surface area contributed by atoms with Crippen molar-refractivity contribution in [1.29, 1.82) is 0 Å². The van der Waals surface area contributed by atoms with Gasteiger partial charge >= 0.3 is 0 Å². The maximum absolute atomic E-state index is 10.7. The van der Waals surface area contributed by atoms with Crippen molar-refractivity contribution < 1.29 is 4.92 Å². The molecule has 1 aromatic carbocycles. The van der Waals surface area contributed by atoms with E-state index in [1.807, 2.05) is 6.07 Å². The molecule has 0 bridgehead atoms. The lowest BCUT2D eigenvalue weighted by Gasteiger charge is -2.19. The second-order valence-corrected chi connectivity index (χ2v) is 5.10. The van der Waals surface area contributed by atoms with Crippen LogP contribution in [0.4, 0.5) is 0 Å². The van der Waals surface area contributed by atoms with Crippen molar-refractivity contribution in [2.45, 2.75) is 16.7 Å². The van der Waals surface area contributed by atoms with Crippen LogP contribution in [0.2, 0.25) is 0 Å². The number of benzene rings is 1. The third-order valence-corrected chi connectivity index (χ3v) is 3.60. The number of halogens is 2. The highest BCUT2D eigenvalue weighted by Crippen LogP contribution is 2.38. The van der Waals surface area contributed by atoms with E-state index < -0.39 is 14.7 Å². The molecule has 0 saturated heterocycles. The van der Waals surface area contributed by atoms with Gasteiger partial charge in [-0.25, -0.2) is 0 Å². The van der Waals surface area contributed by atoms with Crippen LogP contribution in [0.5, 0.6) is 0 Å². The molecule has 0 aliphatic rings. The molecule has 0 spiro atoms. The summed E-state index contributed by atoms with van der Waals surface area (Å²) < 4.78 is -1.34. The van der Waals surface area contributed by atoms with Crippen LogP contribution in [0.3, 0.4) is 0 Å². The van der Waals surface area contributed by atoms with Gasteiger partial charge in [0.15, 0.2) is 0 Å². The molecule has 76 valence electrons. The Kier molecular flexibility index (Phi) is 3.50. The topological polar surface area (TPSA) is 43.1 Å². The Morgan fingerprint density at radius 2 is 2.00 bits per heavy atom. The minimum atomic E-state index is -1.34. The number of hydrogen-bond acceptors (Lipinski definition) is 2. The molecule has 14 heavy (non-hydrogen) atoms. The van der Waals surface area contributed by atoms with E-state index in [9.17, 15) is 10.1 Å². The Balaban J connectivity index is 2.96. The first-order chi connectivity index (χ1) is 6.46. The van der Waals surface area contributed by atoms with Crippen molar-refractivity contribution in [2.24, 2.45) is 0 Å². The number of nitrogens with zero attached hydrogens (tertiary/aromatic N) is 1. The van der Waals surface area contributed by atoms with Crippen LogP contribution < -0.4 is 0 Å².